The molecule has 1 aromatic rings. The maximum Gasteiger partial charge on any atom is 0.405 e. The lowest BCUT2D eigenvalue weighted by atomic mass is 10.1. The molecule has 10 nitrogen and oxygen atoms in total. The van der Waals surface area contributed by atoms with Gasteiger partial charge in [0.05, 0.1) is 11.7 Å². The van der Waals surface area contributed by atoms with Crippen molar-refractivity contribution >= 4 is 17.6 Å². The molecule has 0 radical (unpaired) electrons. The Balaban J connectivity index is 1.56. The molecule has 3 amide bonds. The fraction of sp³-hybridized carbons (Fsp3) is 0.444. The zero-order valence-corrected chi connectivity index (χ0v) is 16.4. The summed E-state index contributed by atoms with van der Waals surface area (Å²) in [6.07, 6.45) is 0.582. The molecule has 1 unspecified atom stereocenters. The van der Waals surface area contributed by atoms with Gasteiger partial charge >= 0.3 is 12.2 Å². The first kappa shape index (κ1) is 20.8. The van der Waals surface area contributed by atoms with Crippen LogP contribution in [0.15, 0.2) is 40.7 Å². The van der Waals surface area contributed by atoms with Gasteiger partial charge < -0.3 is 20.9 Å². The second kappa shape index (κ2) is 7.63. The number of fused-ring (bicyclic) bond motifs is 3. The zero-order valence-electron chi connectivity index (χ0n) is 16.4. The van der Waals surface area contributed by atoms with E-state index < -0.39 is 36.3 Å². The van der Waals surface area contributed by atoms with Crippen molar-refractivity contribution in [1.29, 1.82) is 0 Å². The number of amides is 3. The molecule has 13 heteroatoms. The Labute approximate surface area is 174 Å². The summed E-state index contributed by atoms with van der Waals surface area (Å²) in [4.78, 5) is 41.0. The molecule has 3 N–H and O–H groups in total. The highest BCUT2D eigenvalue weighted by Crippen LogP contribution is 2.33. The summed E-state index contributed by atoms with van der Waals surface area (Å²) in [6, 6.07) is -0.507. The number of allylic oxidation sites excluding steroid dienone is 1. The lowest BCUT2D eigenvalue weighted by molar-refractivity contribution is -0.138. The van der Waals surface area contributed by atoms with Crippen LogP contribution in [0, 0.1) is 0 Å². The molecule has 166 valence electrons. The molecule has 3 aliphatic rings. The normalized spacial score (nSPS) is 22.2. The molecule has 0 aliphatic carbocycles. The van der Waals surface area contributed by atoms with E-state index in [0.29, 0.717) is 31.0 Å². The number of aryl methyl sites for hydroxylation is 1. The standard InChI is InChI=1S/C18H20F3N7O3/c1-26-16(30)12(4-6-23-26)25-17(31)28-10-5-7-27(8-10)13-3-2-11(24-14(13)28)15(29)22-9-18(19,20)21/h2-4,6,10-11,24H,5,7-9H2,1H3,(H,22,29)(H,25,31)/t10-,11?/m0/s1. The van der Waals surface area contributed by atoms with Crippen LogP contribution >= 0.6 is 0 Å². The number of anilines is 1. The molecule has 1 aromatic heterocycles. The summed E-state index contributed by atoms with van der Waals surface area (Å²) in [7, 11) is 1.45. The average molecular weight is 439 g/mol. The predicted molar refractivity (Wildman–Crippen MR) is 102 cm³/mol. The molecule has 2 atom stereocenters. The Morgan fingerprint density at radius 2 is 2.13 bits per heavy atom. The summed E-state index contributed by atoms with van der Waals surface area (Å²) >= 11 is 0. The summed E-state index contributed by atoms with van der Waals surface area (Å²) in [6.45, 7) is -0.202. The van der Waals surface area contributed by atoms with E-state index >= 15 is 0 Å². The van der Waals surface area contributed by atoms with Crippen LogP contribution in [0.5, 0.6) is 0 Å². The van der Waals surface area contributed by atoms with Crippen molar-refractivity contribution in [3.05, 3.63) is 46.3 Å². The van der Waals surface area contributed by atoms with E-state index in [1.807, 2.05) is 10.2 Å². The number of hydrogen-bond donors (Lipinski definition) is 3. The Morgan fingerprint density at radius 1 is 1.35 bits per heavy atom. The Kier molecular flexibility index (Phi) is 5.11. The van der Waals surface area contributed by atoms with Gasteiger partial charge in [-0.3, -0.25) is 14.5 Å². The molecular formula is C18H20F3N7O3. The van der Waals surface area contributed by atoms with Gasteiger partial charge in [-0.2, -0.15) is 18.3 Å². The molecule has 1 fully saturated rings. The highest BCUT2D eigenvalue weighted by Gasteiger charge is 2.43. The quantitative estimate of drug-likeness (QED) is 0.615. The van der Waals surface area contributed by atoms with Gasteiger partial charge in [0.25, 0.3) is 5.56 Å². The first-order valence-corrected chi connectivity index (χ1v) is 9.55. The number of dihydropyridines is 1. The second-order valence-corrected chi connectivity index (χ2v) is 7.41. The van der Waals surface area contributed by atoms with Gasteiger partial charge in [-0.1, -0.05) is 6.08 Å². The monoisotopic (exact) mass is 439 g/mol. The minimum absolute atomic E-state index is 0.0379. The summed E-state index contributed by atoms with van der Waals surface area (Å²) in [5.41, 5.74) is 0.207. The van der Waals surface area contributed by atoms with E-state index in [1.165, 1.54) is 30.3 Å². The topological polar surface area (TPSA) is 112 Å². The van der Waals surface area contributed by atoms with E-state index in [1.54, 1.807) is 6.08 Å². The van der Waals surface area contributed by atoms with Crippen molar-refractivity contribution in [2.45, 2.75) is 24.7 Å². The molecule has 0 saturated carbocycles. The molecular weight excluding hydrogens is 419 g/mol. The Hall–Kier alpha value is -3.51. The number of hydrogen-bond acceptors (Lipinski definition) is 6. The number of alkyl halides is 3. The highest BCUT2D eigenvalue weighted by molar-refractivity contribution is 5.91. The molecule has 3 aliphatic heterocycles. The number of nitrogens with zero attached hydrogens (tertiary/aromatic N) is 4. The summed E-state index contributed by atoms with van der Waals surface area (Å²) in [5.74, 6) is -0.553. The number of carbonyl (C=O) groups excluding carboxylic acids is 2. The van der Waals surface area contributed by atoms with Gasteiger partial charge in [-0.15, -0.1) is 0 Å². The van der Waals surface area contributed by atoms with Crippen LogP contribution in [-0.2, 0) is 11.8 Å². The van der Waals surface area contributed by atoms with Crippen molar-refractivity contribution in [2.75, 3.05) is 25.0 Å². The number of carbonyl (C=O) groups is 2. The van der Waals surface area contributed by atoms with E-state index in [9.17, 15) is 27.6 Å². The first-order valence-electron chi connectivity index (χ1n) is 9.55. The van der Waals surface area contributed by atoms with Crippen molar-refractivity contribution in [1.82, 2.24) is 30.2 Å². The van der Waals surface area contributed by atoms with Crippen molar-refractivity contribution in [3.63, 3.8) is 0 Å². The van der Waals surface area contributed by atoms with Crippen molar-refractivity contribution < 1.29 is 22.8 Å². The van der Waals surface area contributed by atoms with E-state index in [4.69, 9.17) is 0 Å². The molecule has 0 aromatic carbocycles. The lowest BCUT2D eigenvalue weighted by Crippen LogP contribution is -2.56. The van der Waals surface area contributed by atoms with Gasteiger partial charge in [-0.05, 0) is 18.6 Å². The summed E-state index contributed by atoms with van der Waals surface area (Å²) in [5, 5.41) is 11.1. The third-order valence-electron chi connectivity index (χ3n) is 5.30. The number of nitrogens with one attached hydrogen (secondary N) is 3. The minimum Gasteiger partial charge on any atom is -0.366 e. The highest BCUT2D eigenvalue weighted by atomic mass is 19.4. The van der Waals surface area contributed by atoms with Crippen LogP contribution < -0.4 is 21.5 Å². The molecule has 4 heterocycles. The number of urea groups is 1. The fourth-order valence-corrected chi connectivity index (χ4v) is 3.83. The van der Waals surface area contributed by atoms with Crippen molar-refractivity contribution in [2.24, 2.45) is 7.05 Å². The van der Waals surface area contributed by atoms with Gasteiger partial charge in [-0.25, -0.2) is 9.48 Å². The SMILES string of the molecule is Cn1nccc(NC(=O)N2C3=C(C=CC(C(=O)NCC(F)(F)F)N3)N3CC[C@H]2C3)c1=O. The third-order valence-corrected chi connectivity index (χ3v) is 5.30. The third kappa shape index (κ3) is 4.07. The average Bonchev–Trinajstić information content (AvgIpc) is 3.13. The summed E-state index contributed by atoms with van der Waals surface area (Å²) < 4.78 is 38.4. The van der Waals surface area contributed by atoms with E-state index in [2.05, 4.69) is 15.7 Å². The van der Waals surface area contributed by atoms with Gasteiger partial charge in [0.2, 0.25) is 5.91 Å². The van der Waals surface area contributed by atoms with Crippen molar-refractivity contribution in [3.8, 4) is 0 Å². The maximum absolute atomic E-state index is 13.1. The minimum atomic E-state index is -4.53. The van der Waals surface area contributed by atoms with Crippen LogP contribution in [-0.4, -0.2) is 69.4 Å². The molecule has 0 spiro atoms. The number of aromatic nitrogens is 2. The maximum atomic E-state index is 13.1. The molecule has 2 bridgehead atoms. The first-order chi connectivity index (χ1) is 14.6. The van der Waals surface area contributed by atoms with Crippen LogP contribution in [0.2, 0.25) is 0 Å². The number of halogens is 3. The van der Waals surface area contributed by atoms with E-state index in [-0.39, 0.29) is 11.7 Å². The van der Waals surface area contributed by atoms with Crippen LogP contribution in [0.1, 0.15) is 6.42 Å². The Bertz CT molecular complexity index is 1030. The lowest BCUT2D eigenvalue weighted by Gasteiger charge is -2.40. The van der Waals surface area contributed by atoms with E-state index in [0.717, 1.165) is 4.68 Å². The van der Waals surface area contributed by atoms with Gasteiger partial charge in [0.1, 0.15) is 24.1 Å². The number of rotatable bonds is 3. The van der Waals surface area contributed by atoms with Gasteiger partial charge in [0.15, 0.2) is 0 Å². The zero-order chi connectivity index (χ0) is 22.3. The van der Waals surface area contributed by atoms with Gasteiger partial charge in [0, 0.05) is 26.3 Å². The fourth-order valence-electron chi connectivity index (χ4n) is 3.83. The largest absolute Gasteiger partial charge is 0.405 e. The molecule has 4 rings (SSSR count). The second-order valence-electron chi connectivity index (χ2n) is 7.41. The molecule has 31 heavy (non-hydrogen) atoms. The van der Waals surface area contributed by atoms with Crippen LogP contribution in [0.3, 0.4) is 0 Å². The molecule has 1 saturated heterocycles. The Morgan fingerprint density at radius 3 is 2.87 bits per heavy atom. The van der Waals surface area contributed by atoms with Crippen LogP contribution in [0.25, 0.3) is 0 Å². The smallest absolute Gasteiger partial charge is 0.366 e. The predicted octanol–water partition coefficient (Wildman–Crippen LogP) is 0.0777. The van der Waals surface area contributed by atoms with Crippen LogP contribution in [0.4, 0.5) is 23.7 Å².